The fourth-order valence-corrected chi connectivity index (χ4v) is 3.45. The first-order valence-corrected chi connectivity index (χ1v) is 8.22. The molecule has 0 atom stereocenters. The number of carbonyl (C=O) groups is 1. The molecule has 1 saturated heterocycles. The Morgan fingerprint density at radius 1 is 1.17 bits per heavy atom. The molecule has 0 N–H and O–H groups in total. The van der Waals surface area contributed by atoms with E-state index in [0.29, 0.717) is 30.2 Å². The molecule has 1 aromatic carbocycles. The first kappa shape index (κ1) is 14.3. The molecule has 2 aliphatic rings. The van der Waals surface area contributed by atoms with Gasteiger partial charge >= 0.3 is 0 Å². The zero-order valence-electron chi connectivity index (χ0n) is 12.7. The Hall–Kier alpha value is -2.35. The van der Waals surface area contributed by atoms with Crippen LogP contribution in [-0.4, -0.2) is 53.1 Å². The Kier molecular flexibility index (Phi) is 3.53. The van der Waals surface area contributed by atoms with Crippen LogP contribution in [0.1, 0.15) is 16.2 Å². The predicted molar refractivity (Wildman–Crippen MR) is 85.3 cm³/mol. The summed E-state index contributed by atoms with van der Waals surface area (Å²) in [5.41, 5.74) is 0.634. The first-order valence-electron chi connectivity index (χ1n) is 7.45. The second-order valence-corrected chi connectivity index (χ2v) is 6.20. The van der Waals surface area contributed by atoms with Crippen molar-refractivity contribution in [1.82, 2.24) is 14.3 Å². The summed E-state index contributed by atoms with van der Waals surface area (Å²) >= 11 is 1.41. The SMILES string of the molecule is Cc1nsc(N2CCN(C(=O)c3ccc4c(c3)OCO4)CC2)n1. The van der Waals surface area contributed by atoms with E-state index in [1.54, 1.807) is 18.2 Å². The first-order chi connectivity index (χ1) is 11.2. The topological polar surface area (TPSA) is 67.8 Å². The molecule has 23 heavy (non-hydrogen) atoms. The van der Waals surface area contributed by atoms with Gasteiger partial charge in [0.15, 0.2) is 11.5 Å². The number of nitrogens with zero attached hydrogens (tertiary/aromatic N) is 4. The van der Waals surface area contributed by atoms with Crippen LogP contribution in [0.3, 0.4) is 0 Å². The summed E-state index contributed by atoms with van der Waals surface area (Å²) in [6.45, 7) is 4.99. The monoisotopic (exact) mass is 332 g/mol. The van der Waals surface area contributed by atoms with E-state index in [9.17, 15) is 4.79 Å². The number of carbonyl (C=O) groups excluding carboxylic acids is 1. The molecule has 4 rings (SSSR count). The van der Waals surface area contributed by atoms with Gasteiger partial charge in [0.25, 0.3) is 5.91 Å². The Balaban J connectivity index is 1.43. The van der Waals surface area contributed by atoms with Crippen LogP contribution in [0.25, 0.3) is 0 Å². The van der Waals surface area contributed by atoms with Gasteiger partial charge in [-0.15, -0.1) is 0 Å². The number of anilines is 1. The second kappa shape index (κ2) is 5.69. The fourth-order valence-electron chi connectivity index (χ4n) is 2.73. The molecule has 2 aromatic rings. The molecule has 0 spiro atoms. The predicted octanol–water partition coefficient (Wildman–Crippen LogP) is 1.54. The van der Waals surface area contributed by atoms with E-state index < -0.39 is 0 Å². The Morgan fingerprint density at radius 3 is 2.70 bits per heavy atom. The van der Waals surface area contributed by atoms with Gasteiger partial charge in [0.05, 0.1) is 0 Å². The van der Waals surface area contributed by atoms with Crippen LogP contribution in [0.2, 0.25) is 0 Å². The minimum atomic E-state index is 0.0244. The standard InChI is InChI=1S/C15H16N4O3S/c1-10-16-15(23-17-10)19-6-4-18(5-7-19)14(20)11-2-3-12-13(8-11)22-9-21-12/h2-3,8H,4-7,9H2,1H3. The third-order valence-electron chi connectivity index (χ3n) is 3.97. The lowest BCUT2D eigenvalue weighted by Crippen LogP contribution is -2.48. The molecule has 0 aliphatic carbocycles. The average molecular weight is 332 g/mol. The Labute approximate surface area is 137 Å². The fraction of sp³-hybridized carbons (Fsp3) is 0.400. The highest BCUT2D eigenvalue weighted by molar-refractivity contribution is 7.09. The minimum Gasteiger partial charge on any atom is -0.454 e. The molecule has 7 nitrogen and oxygen atoms in total. The molecule has 120 valence electrons. The number of aryl methyl sites for hydroxylation is 1. The molecule has 0 radical (unpaired) electrons. The van der Waals surface area contributed by atoms with Crippen LogP contribution < -0.4 is 14.4 Å². The van der Waals surface area contributed by atoms with Crippen molar-refractivity contribution in [2.75, 3.05) is 37.9 Å². The molecule has 1 fully saturated rings. The van der Waals surface area contributed by atoms with Gasteiger partial charge in [-0.1, -0.05) is 0 Å². The largest absolute Gasteiger partial charge is 0.454 e. The lowest BCUT2D eigenvalue weighted by atomic mass is 10.1. The summed E-state index contributed by atoms with van der Waals surface area (Å²) in [6.07, 6.45) is 0. The summed E-state index contributed by atoms with van der Waals surface area (Å²) < 4.78 is 14.8. The zero-order valence-corrected chi connectivity index (χ0v) is 13.5. The molecular formula is C15H16N4O3S. The van der Waals surface area contributed by atoms with E-state index in [2.05, 4.69) is 14.3 Å². The smallest absolute Gasteiger partial charge is 0.254 e. The van der Waals surface area contributed by atoms with Gasteiger partial charge in [0, 0.05) is 43.3 Å². The normalized spacial score (nSPS) is 16.7. The highest BCUT2D eigenvalue weighted by Gasteiger charge is 2.25. The van der Waals surface area contributed by atoms with Gasteiger partial charge in [-0.2, -0.15) is 4.37 Å². The van der Waals surface area contributed by atoms with Gasteiger partial charge in [0.2, 0.25) is 11.9 Å². The number of hydrogen-bond donors (Lipinski definition) is 0. The number of ether oxygens (including phenoxy) is 2. The zero-order chi connectivity index (χ0) is 15.8. The van der Waals surface area contributed by atoms with Crippen molar-refractivity contribution >= 4 is 22.6 Å². The lowest BCUT2D eigenvalue weighted by molar-refractivity contribution is 0.0746. The molecule has 8 heteroatoms. The molecule has 1 aromatic heterocycles. The van der Waals surface area contributed by atoms with E-state index >= 15 is 0 Å². The minimum absolute atomic E-state index is 0.0244. The number of amides is 1. The number of rotatable bonds is 2. The van der Waals surface area contributed by atoms with E-state index in [1.165, 1.54) is 11.5 Å². The summed E-state index contributed by atoms with van der Waals surface area (Å²) in [5, 5.41) is 0.928. The molecule has 2 aliphatic heterocycles. The van der Waals surface area contributed by atoms with Crippen molar-refractivity contribution in [2.45, 2.75) is 6.92 Å². The van der Waals surface area contributed by atoms with Crippen LogP contribution in [-0.2, 0) is 0 Å². The van der Waals surface area contributed by atoms with Crippen molar-refractivity contribution in [1.29, 1.82) is 0 Å². The van der Waals surface area contributed by atoms with Crippen molar-refractivity contribution < 1.29 is 14.3 Å². The summed E-state index contributed by atoms with van der Waals surface area (Å²) in [6, 6.07) is 5.33. The molecule has 3 heterocycles. The Morgan fingerprint density at radius 2 is 1.96 bits per heavy atom. The highest BCUT2D eigenvalue weighted by Crippen LogP contribution is 2.33. The Bertz CT molecular complexity index is 740. The van der Waals surface area contributed by atoms with Crippen LogP contribution in [0, 0.1) is 6.92 Å². The van der Waals surface area contributed by atoms with Gasteiger partial charge < -0.3 is 19.3 Å². The number of piperazine rings is 1. The van der Waals surface area contributed by atoms with Crippen LogP contribution in [0.5, 0.6) is 11.5 Å². The van der Waals surface area contributed by atoms with Crippen LogP contribution in [0.4, 0.5) is 5.13 Å². The quantitative estimate of drug-likeness (QED) is 0.831. The molecule has 0 saturated carbocycles. The summed E-state index contributed by atoms with van der Waals surface area (Å²) in [7, 11) is 0. The van der Waals surface area contributed by atoms with Crippen molar-refractivity contribution in [3.63, 3.8) is 0 Å². The third-order valence-corrected chi connectivity index (χ3v) is 4.84. The maximum Gasteiger partial charge on any atom is 0.254 e. The second-order valence-electron chi connectivity index (χ2n) is 5.47. The van der Waals surface area contributed by atoms with E-state index in [4.69, 9.17) is 9.47 Å². The lowest BCUT2D eigenvalue weighted by Gasteiger charge is -2.34. The van der Waals surface area contributed by atoms with Crippen LogP contribution >= 0.6 is 11.5 Å². The molecule has 0 unspecified atom stereocenters. The number of fused-ring (bicyclic) bond motifs is 1. The van der Waals surface area contributed by atoms with E-state index in [0.717, 1.165) is 24.0 Å². The third kappa shape index (κ3) is 2.70. The average Bonchev–Trinajstić information content (AvgIpc) is 3.22. The van der Waals surface area contributed by atoms with Gasteiger partial charge in [-0.05, 0) is 25.1 Å². The summed E-state index contributed by atoms with van der Waals surface area (Å²) in [5.74, 6) is 2.15. The van der Waals surface area contributed by atoms with Crippen LogP contribution in [0.15, 0.2) is 18.2 Å². The molecule has 0 bridgehead atoms. The summed E-state index contributed by atoms with van der Waals surface area (Å²) in [4.78, 5) is 21.1. The number of hydrogen-bond acceptors (Lipinski definition) is 7. The van der Waals surface area contributed by atoms with Crippen molar-refractivity contribution in [3.05, 3.63) is 29.6 Å². The number of benzene rings is 1. The van der Waals surface area contributed by atoms with E-state index in [1.807, 2.05) is 11.8 Å². The maximum absolute atomic E-state index is 12.6. The molecule has 1 amide bonds. The highest BCUT2D eigenvalue weighted by atomic mass is 32.1. The maximum atomic E-state index is 12.6. The molecular weight excluding hydrogens is 316 g/mol. The van der Waals surface area contributed by atoms with Gasteiger partial charge in [0.1, 0.15) is 5.82 Å². The van der Waals surface area contributed by atoms with Crippen molar-refractivity contribution in [2.24, 2.45) is 0 Å². The van der Waals surface area contributed by atoms with E-state index in [-0.39, 0.29) is 12.7 Å². The number of aromatic nitrogens is 2. The van der Waals surface area contributed by atoms with Gasteiger partial charge in [-0.25, -0.2) is 4.98 Å². The van der Waals surface area contributed by atoms with Crippen molar-refractivity contribution in [3.8, 4) is 11.5 Å². The van der Waals surface area contributed by atoms with Gasteiger partial charge in [-0.3, -0.25) is 4.79 Å².